The van der Waals surface area contributed by atoms with Gasteiger partial charge in [-0.2, -0.15) is 0 Å². The number of ketones is 1. The highest BCUT2D eigenvalue weighted by molar-refractivity contribution is 6.33. The molecule has 1 fully saturated rings. The topological polar surface area (TPSA) is 37.4 Å². The molecule has 1 unspecified atom stereocenters. The van der Waals surface area contributed by atoms with Gasteiger partial charge in [-0.25, -0.2) is 0 Å². The summed E-state index contributed by atoms with van der Waals surface area (Å²) in [6.45, 7) is 0.591. The summed E-state index contributed by atoms with van der Waals surface area (Å²) in [6.07, 6.45) is 1.53. The van der Waals surface area contributed by atoms with Crippen molar-refractivity contribution in [3.05, 3.63) is 70.7 Å². The quantitative estimate of drug-likeness (QED) is 0.808. The summed E-state index contributed by atoms with van der Waals surface area (Å²) >= 11 is 6.11. The summed E-state index contributed by atoms with van der Waals surface area (Å²) in [5, 5.41) is 0.422. The molecule has 1 heterocycles. The maximum Gasteiger partial charge on any atom is 0.255 e. The van der Waals surface area contributed by atoms with Crippen molar-refractivity contribution in [3.63, 3.8) is 0 Å². The smallest absolute Gasteiger partial charge is 0.255 e. The number of hydrogen-bond donors (Lipinski definition) is 0. The van der Waals surface area contributed by atoms with Gasteiger partial charge in [-0.05, 0) is 25.0 Å². The van der Waals surface area contributed by atoms with Gasteiger partial charge in [0.25, 0.3) is 5.91 Å². The van der Waals surface area contributed by atoms with Gasteiger partial charge in [-0.15, -0.1) is 0 Å². The molecule has 22 heavy (non-hydrogen) atoms. The van der Waals surface area contributed by atoms with Gasteiger partial charge in [-0.1, -0.05) is 54.1 Å². The van der Waals surface area contributed by atoms with Crippen LogP contribution in [0.4, 0.5) is 0 Å². The first kappa shape index (κ1) is 14.8. The third kappa shape index (κ3) is 2.77. The molecule has 112 valence electrons. The summed E-state index contributed by atoms with van der Waals surface area (Å²) in [5.41, 5.74) is 1.10. The summed E-state index contributed by atoms with van der Waals surface area (Å²) < 4.78 is 0. The standard InChI is InChI=1S/C18H16ClNO2/c19-15-10-5-4-9-14(15)18(22)20-12-6-11-16(20)17(21)13-7-2-1-3-8-13/h1-5,7-10,16H,6,11-12H2. The lowest BCUT2D eigenvalue weighted by Gasteiger charge is -2.24. The molecule has 0 aliphatic carbocycles. The number of likely N-dealkylation sites (tertiary alicyclic amines) is 1. The van der Waals surface area contributed by atoms with Crippen molar-refractivity contribution in [1.82, 2.24) is 4.90 Å². The maximum absolute atomic E-state index is 12.7. The van der Waals surface area contributed by atoms with E-state index in [-0.39, 0.29) is 11.7 Å². The highest BCUT2D eigenvalue weighted by atomic mass is 35.5. The molecule has 1 aliphatic rings. The number of carbonyl (C=O) groups is 2. The van der Waals surface area contributed by atoms with Gasteiger partial charge in [0, 0.05) is 12.1 Å². The van der Waals surface area contributed by atoms with Gasteiger partial charge < -0.3 is 4.90 Å². The van der Waals surface area contributed by atoms with Crippen LogP contribution in [-0.4, -0.2) is 29.2 Å². The van der Waals surface area contributed by atoms with Crippen LogP contribution >= 0.6 is 11.6 Å². The van der Waals surface area contributed by atoms with Gasteiger partial charge >= 0.3 is 0 Å². The molecule has 1 aliphatic heterocycles. The molecule has 2 aromatic carbocycles. The highest BCUT2D eigenvalue weighted by Crippen LogP contribution is 2.25. The van der Waals surface area contributed by atoms with Crippen LogP contribution in [0.15, 0.2) is 54.6 Å². The van der Waals surface area contributed by atoms with E-state index in [0.717, 1.165) is 6.42 Å². The average Bonchev–Trinajstić information content (AvgIpc) is 3.04. The minimum absolute atomic E-state index is 0.00139. The van der Waals surface area contributed by atoms with Crippen molar-refractivity contribution in [1.29, 1.82) is 0 Å². The summed E-state index contributed by atoms with van der Waals surface area (Å²) in [4.78, 5) is 27.0. The second-order valence-corrected chi connectivity index (χ2v) is 5.77. The van der Waals surface area contributed by atoms with E-state index >= 15 is 0 Å². The van der Waals surface area contributed by atoms with Crippen LogP contribution in [0.1, 0.15) is 33.6 Å². The summed E-state index contributed by atoms with van der Waals surface area (Å²) in [7, 11) is 0. The van der Waals surface area contributed by atoms with Crippen molar-refractivity contribution >= 4 is 23.3 Å². The van der Waals surface area contributed by atoms with Crippen LogP contribution in [0.3, 0.4) is 0 Å². The lowest BCUT2D eigenvalue weighted by atomic mass is 10.0. The molecule has 1 atom stereocenters. The molecule has 3 rings (SSSR count). The van der Waals surface area contributed by atoms with Crippen LogP contribution < -0.4 is 0 Å². The number of Topliss-reactive ketones (excluding diaryl/α,β-unsaturated/α-hetero) is 1. The first-order valence-corrected chi connectivity index (χ1v) is 7.71. The van der Waals surface area contributed by atoms with Gasteiger partial charge in [0.05, 0.1) is 16.6 Å². The van der Waals surface area contributed by atoms with E-state index in [9.17, 15) is 9.59 Å². The predicted molar refractivity (Wildman–Crippen MR) is 86.3 cm³/mol. The fourth-order valence-corrected chi connectivity index (χ4v) is 3.08. The molecule has 0 radical (unpaired) electrons. The first-order chi connectivity index (χ1) is 10.7. The Morgan fingerprint density at radius 3 is 2.41 bits per heavy atom. The number of rotatable bonds is 3. The Kier molecular flexibility index (Phi) is 4.25. The lowest BCUT2D eigenvalue weighted by Crippen LogP contribution is -2.40. The minimum atomic E-state index is -0.397. The summed E-state index contributed by atoms with van der Waals surface area (Å²) in [5.74, 6) is -0.170. The molecule has 3 nitrogen and oxygen atoms in total. The molecule has 4 heteroatoms. The fraction of sp³-hybridized carbons (Fsp3) is 0.222. The van der Waals surface area contributed by atoms with E-state index in [1.165, 1.54) is 0 Å². The molecule has 0 N–H and O–H groups in total. The second-order valence-electron chi connectivity index (χ2n) is 5.37. The van der Waals surface area contributed by atoms with Gasteiger partial charge in [0.15, 0.2) is 5.78 Å². The van der Waals surface area contributed by atoms with E-state index in [1.54, 1.807) is 41.3 Å². The Morgan fingerprint density at radius 1 is 1.00 bits per heavy atom. The third-order valence-corrected chi connectivity index (χ3v) is 4.31. The number of halogens is 1. The molecule has 1 saturated heterocycles. The van der Waals surface area contributed by atoms with Crippen molar-refractivity contribution in [2.45, 2.75) is 18.9 Å². The number of hydrogen-bond acceptors (Lipinski definition) is 2. The van der Waals surface area contributed by atoms with E-state index in [2.05, 4.69) is 0 Å². The number of carbonyl (C=O) groups excluding carboxylic acids is 2. The predicted octanol–water partition coefficient (Wildman–Crippen LogP) is 3.83. The molecule has 0 bridgehead atoms. The van der Waals surface area contributed by atoms with E-state index in [4.69, 9.17) is 11.6 Å². The Balaban J connectivity index is 1.86. The Hall–Kier alpha value is -2.13. The Bertz CT molecular complexity index is 699. The summed E-state index contributed by atoms with van der Waals surface area (Å²) in [6, 6.07) is 15.7. The van der Waals surface area contributed by atoms with Crippen LogP contribution in [0, 0.1) is 0 Å². The van der Waals surface area contributed by atoms with Crippen molar-refractivity contribution in [2.24, 2.45) is 0 Å². The van der Waals surface area contributed by atoms with Crippen LogP contribution in [-0.2, 0) is 0 Å². The minimum Gasteiger partial charge on any atom is -0.328 e. The van der Waals surface area contributed by atoms with E-state index in [0.29, 0.717) is 29.1 Å². The molecule has 0 aromatic heterocycles. The zero-order valence-electron chi connectivity index (χ0n) is 12.0. The van der Waals surface area contributed by atoms with Crippen LogP contribution in [0.2, 0.25) is 5.02 Å². The molecular formula is C18H16ClNO2. The van der Waals surface area contributed by atoms with Gasteiger partial charge in [-0.3, -0.25) is 9.59 Å². The van der Waals surface area contributed by atoms with Crippen molar-refractivity contribution < 1.29 is 9.59 Å². The molecule has 1 amide bonds. The van der Waals surface area contributed by atoms with E-state index < -0.39 is 6.04 Å². The number of amides is 1. The third-order valence-electron chi connectivity index (χ3n) is 3.98. The SMILES string of the molecule is O=C(c1ccccc1)C1CCCN1C(=O)c1ccccc1Cl. The normalized spacial score (nSPS) is 17.5. The zero-order chi connectivity index (χ0) is 15.5. The molecule has 2 aromatic rings. The van der Waals surface area contributed by atoms with Crippen LogP contribution in [0.5, 0.6) is 0 Å². The van der Waals surface area contributed by atoms with Crippen LogP contribution in [0.25, 0.3) is 0 Å². The van der Waals surface area contributed by atoms with Crippen molar-refractivity contribution in [2.75, 3.05) is 6.54 Å². The highest BCUT2D eigenvalue weighted by Gasteiger charge is 2.35. The number of benzene rings is 2. The largest absolute Gasteiger partial charge is 0.328 e. The Morgan fingerprint density at radius 2 is 1.68 bits per heavy atom. The Labute approximate surface area is 134 Å². The maximum atomic E-state index is 12.7. The molecule has 0 saturated carbocycles. The molecular weight excluding hydrogens is 298 g/mol. The van der Waals surface area contributed by atoms with Gasteiger partial charge in [0.1, 0.15) is 0 Å². The average molecular weight is 314 g/mol. The fourth-order valence-electron chi connectivity index (χ4n) is 2.87. The zero-order valence-corrected chi connectivity index (χ0v) is 12.8. The van der Waals surface area contributed by atoms with Gasteiger partial charge in [0.2, 0.25) is 0 Å². The number of nitrogens with zero attached hydrogens (tertiary/aromatic N) is 1. The monoisotopic (exact) mass is 313 g/mol. The first-order valence-electron chi connectivity index (χ1n) is 7.33. The molecule has 0 spiro atoms. The lowest BCUT2D eigenvalue weighted by molar-refractivity contribution is 0.0671. The van der Waals surface area contributed by atoms with Crippen molar-refractivity contribution in [3.8, 4) is 0 Å². The van der Waals surface area contributed by atoms with E-state index in [1.807, 2.05) is 18.2 Å². The second kappa shape index (κ2) is 6.32.